The average molecular weight is 597 g/mol. The van der Waals surface area contributed by atoms with Crippen LogP contribution < -0.4 is 0 Å². The molecule has 4 aromatic rings. The number of hydrogen-bond donors (Lipinski definition) is 0. The van der Waals surface area contributed by atoms with Crippen LogP contribution in [0.25, 0.3) is 28.1 Å². The van der Waals surface area contributed by atoms with Crippen LogP contribution in [0.3, 0.4) is 0 Å². The van der Waals surface area contributed by atoms with Gasteiger partial charge in [0, 0.05) is 32.5 Å². The van der Waals surface area contributed by atoms with Crippen molar-refractivity contribution in [1.82, 2.24) is 9.97 Å². The van der Waals surface area contributed by atoms with Crippen molar-refractivity contribution in [3.8, 4) is 22.5 Å². The molecule has 2 aromatic carbocycles. The zero-order valence-corrected chi connectivity index (χ0v) is 21.4. The predicted octanol–water partition coefficient (Wildman–Crippen LogP) is 7.43. The Hall–Kier alpha value is -2.87. The zero-order valence-electron chi connectivity index (χ0n) is 19.0. The molecular formula is C29H28IrN2-2. The van der Waals surface area contributed by atoms with Crippen LogP contribution in [0.15, 0.2) is 91.8 Å². The SMILES string of the molecule is C=C(C)c1c[c-]c(-c2ccccn2)cc1.CC(C)(C)c1c[c-]c(-c2ccccn2)cc1.[Ir]. The first-order valence-corrected chi connectivity index (χ1v) is 10.4. The summed E-state index contributed by atoms with van der Waals surface area (Å²) in [6.45, 7) is 12.5. The third-order valence-corrected chi connectivity index (χ3v) is 4.87. The van der Waals surface area contributed by atoms with Crippen molar-refractivity contribution in [2.24, 2.45) is 0 Å². The Morgan fingerprint density at radius 2 is 1.28 bits per heavy atom. The van der Waals surface area contributed by atoms with Crippen LogP contribution >= 0.6 is 0 Å². The molecule has 32 heavy (non-hydrogen) atoms. The molecule has 0 saturated carbocycles. The van der Waals surface area contributed by atoms with Gasteiger partial charge in [0.25, 0.3) is 0 Å². The quantitative estimate of drug-likeness (QED) is 0.230. The molecule has 0 saturated heterocycles. The van der Waals surface area contributed by atoms with Gasteiger partial charge in [-0.15, -0.1) is 77.4 Å². The van der Waals surface area contributed by atoms with Crippen molar-refractivity contribution in [1.29, 1.82) is 0 Å². The van der Waals surface area contributed by atoms with Crippen LogP contribution in [0.5, 0.6) is 0 Å². The predicted molar refractivity (Wildman–Crippen MR) is 130 cm³/mol. The van der Waals surface area contributed by atoms with Crippen molar-refractivity contribution < 1.29 is 20.1 Å². The van der Waals surface area contributed by atoms with Crippen molar-refractivity contribution in [3.63, 3.8) is 0 Å². The van der Waals surface area contributed by atoms with Gasteiger partial charge < -0.3 is 9.97 Å². The van der Waals surface area contributed by atoms with Gasteiger partial charge in [0.2, 0.25) is 0 Å². The van der Waals surface area contributed by atoms with Gasteiger partial charge in [-0.3, -0.25) is 0 Å². The van der Waals surface area contributed by atoms with Crippen LogP contribution in [0.4, 0.5) is 0 Å². The molecule has 0 aliphatic rings. The maximum absolute atomic E-state index is 4.31. The molecule has 2 aromatic heterocycles. The fraction of sp³-hybridized carbons (Fsp3) is 0.172. The Labute approximate surface area is 205 Å². The minimum atomic E-state index is 0. The summed E-state index contributed by atoms with van der Waals surface area (Å²) in [6.07, 6.45) is 3.59. The van der Waals surface area contributed by atoms with Crippen molar-refractivity contribution in [2.75, 3.05) is 0 Å². The summed E-state index contributed by atoms with van der Waals surface area (Å²) in [5, 5.41) is 0. The summed E-state index contributed by atoms with van der Waals surface area (Å²) in [5.41, 5.74) is 7.64. The fourth-order valence-corrected chi connectivity index (χ4v) is 2.94. The third-order valence-electron chi connectivity index (χ3n) is 4.87. The van der Waals surface area contributed by atoms with Crippen LogP contribution in [-0.4, -0.2) is 9.97 Å². The first-order chi connectivity index (χ1) is 14.8. The fourth-order valence-electron chi connectivity index (χ4n) is 2.94. The smallest absolute Gasteiger partial charge is 0.0160 e. The molecule has 0 N–H and O–H groups in total. The van der Waals surface area contributed by atoms with E-state index in [9.17, 15) is 0 Å². The van der Waals surface area contributed by atoms with E-state index >= 15 is 0 Å². The molecule has 4 rings (SSSR count). The topological polar surface area (TPSA) is 25.8 Å². The van der Waals surface area contributed by atoms with Crippen molar-refractivity contribution >= 4 is 5.57 Å². The van der Waals surface area contributed by atoms with Gasteiger partial charge in [-0.05, 0) is 35.9 Å². The Kier molecular flexibility index (Phi) is 9.26. The van der Waals surface area contributed by atoms with Crippen molar-refractivity contribution in [3.05, 3.63) is 115 Å². The number of allylic oxidation sites excluding steroid dienone is 1. The summed E-state index contributed by atoms with van der Waals surface area (Å²) in [5.74, 6) is 0. The minimum absolute atomic E-state index is 0. The van der Waals surface area contributed by atoms with Gasteiger partial charge >= 0.3 is 0 Å². The first-order valence-electron chi connectivity index (χ1n) is 10.4. The molecule has 0 spiro atoms. The van der Waals surface area contributed by atoms with E-state index in [-0.39, 0.29) is 25.5 Å². The van der Waals surface area contributed by atoms with Gasteiger partial charge in [0.1, 0.15) is 0 Å². The second-order valence-electron chi connectivity index (χ2n) is 8.44. The molecule has 0 aliphatic carbocycles. The molecule has 1 radical (unpaired) electrons. The van der Waals surface area contributed by atoms with Gasteiger partial charge in [-0.25, -0.2) is 0 Å². The van der Waals surface area contributed by atoms with E-state index in [4.69, 9.17) is 0 Å². The molecule has 2 nitrogen and oxygen atoms in total. The molecule has 3 heteroatoms. The Bertz CT molecular complexity index is 1100. The van der Waals surface area contributed by atoms with Gasteiger partial charge in [0.15, 0.2) is 0 Å². The van der Waals surface area contributed by atoms with E-state index in [1.807, 2.05) is 61.5 Å². The monoisotopic (exact) mass is 597 g/mol. The van der Waals surface area contributed by atoms with Crippen LogP contribution in [-0.2, 0) is 25.5 Å². The Morgan fingerprint density at radius 1 is 0.750 bits per heavy atom. The summed E-state index contributed by atoms with van der Waals surface area (Å²) < 4.78 is 0. The molecule has 0 atom stereocenters. The number of benzene rings is 2. The third kappa shape index (κ3) is 7.09. The molecule has 0 amide bonds. The van der Waals surface area contributed by atoms with Crippen LogP contribution in [0, 0.1) is 12.1 Å². The van der Waals surface area contributed by atoms with Crippen molar-refractivity contribution in [2.45, 2.75) is 33.1 Å². The van der Waals surface area contributed by atoms with E-state index in [1.54, 1.807) is 12.4 Å². The maximum atomic E-state index is 4.31. The molecule has 0 unspecified atom stereocenters. The number of rotatable bonds is 3. The normalized spacial score (nSPS) is 10.4. The van der Waals surface area contributed by atoms with Gasteiger partial charge in [0.05, 0.1) is 0 Å². The molecule has 165 valence electrons. The maximum Gasteiger partial charge on any atom is 0.0160 e. The largest absolute Gasteiger partial charge is 0.305 e. The Balaban J connectivity index is 0.000000220. The number of pyridine rings is 2. The summed E-state index contributed by atoms with van der Waals surface area (Å²) in [6, 6.07) is 30.6. The van der Waals surface area contributed by atoms with Gasteiger partial charge in [-0.1, -0.05) is 50.6 Å². The van der Waals surface area contributed by atoms with Crippen LogP contribution in [0.2, 0.25) is 0 Å². The van der Waals surface area contributed by atoms with E-state index in [0.29, 0.717) is 0 Å². The zero-order chi connectivity index (χ0) is 22.3. The molecule has 0 bridgehead atoms. The van der Waals surface area contributed by atoms with Crippen LogP contribution in [0.1, 0.15) is 38.8 Å². The summed E-state index contributed by atoms with van der Waals surface area (Å²) in [4.78, 5) is 8.58. The second-order valence-corrected chi connectivity index (χ2v) is 8.44. The van der Waals surface area contributed by atoms with E-state index < -0.39 is 0 Å². The summed E-state index contributed by atoms with van der Waals surface area (Å²) >= 11 is 0. The standard InChI is InChI=1S/C15H16N.C14H12N.Ir/c1-15(2,3)13-9-7-12(8-10-13)14-6-4-5-11-16-14;1-11(2)12-6-8-13(9-7-12)14-5-3-4-10-15-14;/h4-7,9-11H,1-3H3;3-8,10H,1H2,2H3;/q2*-1;. The second kappa shape index (κ2) is 11.7. The van der Waals surface area contributed by atoms with E-state index in [1.165, 1.54) is 5.56 Å². The molecule has 2 heterocycles. The molecule has 0 aliphatic heterocycles. The Morgan fingerprint density at radius 3 is 1.62 bits per heavy atom. The number of aromatic nitrogens is 2. The number of nitrogens with zero attached hydrogens (tertiary/aromatic N) is 2. The molecular weight excluding hydrogens is 569 g/mol. The first kappa shape index (κ1) is 25.4. The van der Waals surface area contributed by atoms with E-state index in [2.05, 4.69) is 67.6 Å². The number of hydrogen-bond acceptors (Lipinski definition) is 2. The van der Waals surface area contributed by atoms with Gasteiger partial charge in [-0.2, -0.15) is 0 Å². The molecule has 0 fully saturated rings. The summed E-state index contributed by atoms with van der Waals surface area (Å²) in [7, 11) is 0. The minimum Gasteiger partial charge on any atom is -0.305 e. The van der Waals surface area contributed by atoms with E-state index in [0.717, 1.165) is 33.7 Å². The average Bonchev–Trinajstić information content (AvgIpc) is 2.80.